The van der Waals surface area contributed by atoms with Crippen LogP contribution in [-0.4, -0.2) is 67.5 Å². The van der Waals surface area contributed by atoms with Crippen molar-refractivity contribution in [2.24, 2.45) is 0 Å². The second-order valence-corrected chi connectivity index (χ2v) is 7.56. The van der Waals surface area contributed by atoms with Crippen molar-refractivity contribution in [1.29, 1.82) is 0 Å². The van der Waals surface area contributed by atoms with E-state index in [0.29, 0.717) is 18.7 Å². The number of methoxy groups -OCH3 is 1. The van der Waals surface area contributed by atoms with E-state index in [4.69, 9.17) is 4.74 Å². The van der Waals surface area contributed by atoms with Crippen LogP contribution in [0.5, 0.6) is 0 Å². The predicted octanol–water partition coefficient (Wildman–Crippen LogP) is 2.94. The van der Waals surface area contributed by atoms with Crippen LogP contribution in [0.4, 0.5) is 0 Å². The zero-order chi connectivity index (χ0) is 22.9. The number of nitrogens with zero attached hydrogens (tertiary/aromatic N) is 2. The molecular weight excluding hydrogens is 408 g/mol. The minimum absolute atomic E-state index is 0.193. The lowest BCUT2D eigenvalue weighted by Crippen LogP contribution is -2.50. The van der Waals surface area contributed by atoms with Gasteiger partial charge in [0.1, 0.15) is 0 Å². The molecule has 0 saturated carbocycles. The number of esters is 2. The van der Waals surface area contributed by atoms with E-state index in [0.717, 1.165) is 18.7 Å². The first kappa shape index (κ1) is 23.2. The topological polar surface area (TPSA) is 76.2 Å². The molecule has 1 aliphatic rings. The molecule has 0 N–H and O–H groups in total. The Bertz CT molecular complexity index is 948. The maximum absolute atomic E-state index is 12.4. The summed E-state index contributed by atoms with van der Waals surface area (Å²) in [5.41, 5.74) is 2.41. The van der Waals surface area contributed by atoms with Crippen molar-refractivity contribution >= 4 is 23.9 Å². The van der Waals surface area contributed by atoms with Crippen LogP contribution in [0.25, 0.3) is 6.08 Å². The molecule has 1 heterocycles. The van der Waals surface area contributed by atoms with Crippen molar-refractivity contribution < 1.29 is 23.9 Å². The lowest BCUT2D eigenvalue weighted by atomic mass is 10.1. The van der Waals surface area contributed by atoms with Crippen molar-refractivity contribution in [1.82, 2.24) is 9.80 Å². The largest absolute Gasteiger partial charge is 0.465 e. The maximum Gasteiger partial charge on any atom is 0.337 e. The van der Waals surface area contributed by atoms with E-state index in [1.807, 2.05) is 18.2 Å². The Kier molecular flexibility index (Phi) is 8.16. The minimum atomic E-state index is -0.591. The first-order chi connectivity index (χ1) is 15.5. The van der Waals surface area contributed by atoms with E-state index < -0.39 is 11.9 Å². The SMILES string of the molecule is COC(=O)c1ccc(/C=C/C(=O)OCC(=O)N2CCN(C(C)c3ccccc3)CC2)cc1. The monoisotopic (exact) mass is 436 g/mol. The molecule has 0 spiro atoms. The van der Waals surface area contributed by atoms with Gasteiger partial charge in [-0.15, -0.1) is 0 Å². The lowest BCUT2D eigenvalue weighted by Gasteiger charge is -2.38. The number of carbonyl (C=O) groups is 3. The second kappa shape index (κ2) is 11.2. The molecule has 3 rings (SSSR count). The molecule has 1 amide bonds. The summed E-state index contributed by atoms with van der Waals surface area (Å²) >= 11 is 0. The number of hydrogen-bond acceptors (Lipinski definition) is 6. The van der Waals surface area contributed by atoms with Gasteiger partial charge in [0, 0.05) is 38.3 Å². The van der Waals surface area contributed by atoms with Crippen LogP contribution in [-0.2, 0) is 19.1 Å². The molecule has 1 fully saturated rings. The lowest BCUT2D eigenvalue weighted by molar-refractivity contribution is -0.149. The van der Waals surface area contributed by atoms with E-state index in [1.165, 1.54) is 18.7 Å². The number of benzene rings is 2. The number of rotatable bonds is 7. The van der Waals surface area contributed by atoms with Gasteiger partial charge in [-0.2, -0.15) is 0 Å². The highest BCUT2D eigenvalue weighted by molar-refractivity contribution is 5.91. The first-order valence-corrected chi connectivity index (χ1v) is 10.6. The number of amides is 1. The minimum Gasteiger partial charge on any atom is -0.465 e. The van der Waals surface area contributed by atoms with E-state index in [-0.39, 0.29) is 18.6 Å². The quantitative estimate of drug-likeness (QED) is 0.491. The molecule has 1 unspecified atom stereocenters. The Morgan fingerprint density at radius 1 is 0.969 bits per heavy atom. The summed E-state index contributed by atoms with van der Waals surface area (Å²) in [6.45, 7) is 4.66. The molecule has 32 heavy (non-hydrogen) atoms. The third-order valence-electron chi connectivity index (χ3n) is 5.58. The molecule has 2 aromatic rings. The van der Waals surface area contributed by atoms with Crippen LogP contribution in [0.15, 0.2) is 60.7 Å². The second-order valence-electron chi connectivity index (χ2n) is 7.56. The van der Waals surface area contributed by atoms with Gasteiger partial charge in [-0.3, -0.25) is 9.69 Å². The summed E-state index contributed by atoms with van der Waals surface area (Å²) in [5.74, 6) is -1.21. The first-order valence-electron chi connectivity index (χ1n) is 10.6. The van der Waals surface area contributed by atoms with Gasteiger partial charge in [0.15, 0.2) is 6.61 Å². The Labute approximate surface area is 188 Å². The molecule has 0 aromatic heterocycles. The van der Waals surface area contributed by atoms with Crippen LogP contribution in [0.1, 0.15) is 34.5 Å². The number of carbonyl (C=O) groups excluding carboxylic acids is 3. The summed E-state index contributed by atoms with van der Waals surface area (Å²) in [5, 5.41) is 0. The zero-order valence-corrected chi connectivity index (χ0v) is 18.4. The highest BCUT2D eigenvalue weighted by atomic mass is 16.5. The molecule has 2 aromatic carbocycles. The van der Waals surface area contributed by atoms with Crippen molar-refractivity contribution in [2.45, 2.75) is 13.0 Å². The molecule has 1 saturated heterocycles. The average molecular weight is 437 g/mol. The van der Waals surface area contributed by atoms with Crippen LogP contribution >= 0.6 is 0 Å². The zero-order valence-electron chi connectivity index (χ0n) is 18.4. The third kappa shape index (κ3) is 6.28. The van der Waals surface area contributed by atoms with Gasteiger partial charge in [0.2, 0.25) is 0 Å². The Morgan fingerprint density at radius 2 is 1.62 bits per heavy atom. The summed E-state index contributed by atoms with van der Waals surface area (Å²) in [6.07, 6.45) is 2.83. The van der Waals surface area contributed by atoms with Crippen LogP contribution in [0.2, 0.25) is 0 Å². The Balaban J connectivity index is 1.41. The normalized spacial score (nSPS) is 15.4. The summed E-state index contributed by atoms with van der Waals surface area (Å²) in [4.78, 5) is 39.9. The van der Waals surface area contributed by atoms with Crippen molar-refractivity contribution in [3.05, 3.63) is 77.4 Å². The standard InChI is InChI=1S/C25H28N2O5/c1-19(21-6-4-3-5-7-21)26-14-16-27(17-15-26)23(28)18-32-24(29)13-10-20-8-11-22(12-9-20)25(30)31-2/h3-13,19H,14-18H2,1-2H3/b13-10+. The molecule has 0 bridgehead atoms. The highest BCUT2D eigenvalue weighted by Crippen LogP contribution is 2.21. The maximum atomic E-state index is 12.4. The van der Waals surface area contributed by atoms with Gasteiger partial charge in [-0.1, -0.05) is 42.5 Å². The number of piperazine rings is 1. The van der Waals surface area contributed by atoms with Gasteiger partial charge >= 0.3 is 11.9 Å². The number of ether oxygens (including phenoxy) is 2. The summed E-state index contributed by atoms with van der Waals surface area (Å²) in [7, 11) is 1.32. The average Bonchev–Trinajstić information content (AvgIpc) is 2.86. The van der Waals surface area contributed by atoms with Crippen LogP contribution in [0.3, 0.4) is 0 Å². The van der Waals surface area contributed by atoms with E-state index >= 15 is 0 Å². The summed E-state index contributed by atoms with van der Waals surface area (Å²) < 4.78 is 9.74. The van der Waals surface area contributed by atoms with Gasteiger partial charge in [-0.05, 0) is 36.3 Å². The van der Waals surface area contributed by atoms with Crippen LogP contribution < -0.4 is 0 Å². The molecule has 1 atom stereocenters. The molecule has 1 aliphatic heterocycles. The summed E-state index contributed by atoms with van der Waals surface area (Å²) in [6, 6.07) is 17.2. The number of hydrogen-bond donors (Lipinski definition) is 0. The van der Waals surface area contributed by atoms with Crippen molar-refractivity contribution in [3.8, 4) is 0 Å². The van der Waals surface area contributed by atoms with E-state index in [9.17, 15) is 14.4 Å². The van der Waals surface area contributed by atoms with Gasteiger partial charge in [0.05, 0.1) is 12.7 Å². The van der Waals surface area contributed by atoms with E-state index in [2.05, 4.69) is 28.7 Å². The fraction of sp³-hybridized carbons (Fsp3) is 0.320. The van der Waals surface area contributed by atoms with Crippen LogP contribution in [0, 0.1) is 0 Å². The van der Waals surface area contributed by atoms with Gasteiger partial charge in [0.25, 0.3) is 5.91 Å². The molecule has 0 radical (unpaired) electrons. The third-order valence-corrected chi connectivity index (χ3v) is 5.58. The molecule has 0 aliphatic carbocycles. The fourth-order valence-corrected chi connectivity index (χ4v) is 3.59. The van der Waals surface area contributed by atoms with Gasteiger partial charge in [-0.25, -0.2) is 9.59 Å². The smallest absolute Gasteiger partial charge is 0.337 e. The fourth-order valence-electron chi connectivity index (χ4n) is 3.59. The molecule has 7 heteroatoms. The van der Waals surface area contributed by atoms with Crippen molar-refractivity contribution in [2.75, 3.05) is 39.9 Å². The van der Waals surface area contributed by atoms with Gasteiger partial charge < -0.3 is 14.4 Å². The molecular formula is C25H28N2O5. The predicted molar refractivity (Wildman–Crippen MR) is 121 cm³/mol. The Hall–Kier alpha value is -3.45. The Morgan fingerprint density at radius 3 is 2.25 bits per heavy atom. The molecule has 168 valence electrons. The van der Waals surface area contributed by atoms with E-state index in [1.54, 1.807) is 35.2 Å². The highest BCUT2D eigenvalue weighted by Gasteiger charge is 2.25. The molecule has 7 nitrogen and oxygen atoms in total. The van der Waals surface area contributed by atoms with Crippen molar-refractivity contribution in [3.63, 3.8) is 0 Å².